The van der Waals surface area contributed by atoms with Crippen LogP contribution in [0.15, 0.2) is 22.7 Å². The predicted octanol–water partition coefficient (Wildman–Crippen LogP) is 3.19. The average molecular weight is 338 g/mol. The normalized spacial score (nSPS) is 16.7. The van der Waals surface area contributed by atoms with E-state index in [0.29, 0.717) is 6.04 Å². The van der Waals surface area contributed by atoms with E-state index >= 15 is 0 Å². The molecule has 0 bridgehead atoms. The Balaban J connectivity index is 0.00000162. The lowest BCUT2D eigenvalue weighted by Gasteiger charge is -2.31. The Labute approximate surface area is 122 Å². The Morgan fingerprint density at radius 3 is 2.72 bits per heavy atom. The molecule has 0 unspecified atom stereocenters. The zero-order valence-electron chi connectivity index (χ0n) is 10.5. The monoisotopic (exact) mass is 336 g/mol. The summed E-state index contributed by atoms with van der Waals surface area (Å²) >= 11 is 3.48. The molecule has 1 aliphatic heterocycles. The molecule has 0 amide bonds. The maximum absolute atomic E-state index is 13.2. The minimum Gasteiger partial charge on any atom is -0.317 e. The summed E-state index contributed by atoms with van der Waals surface area (Å²) in [6.45, 7) is 2.96. The first-order chi connectivity index (χ1) is 8.16. The van der Waals surface area contributed by atoms with Gasteiger partial charge in [0.2, 0.25) is 0 Å². The van der Waals surface area contributed by atoms with Crippen molar-refractivity contribution < 1.29 is 4.39 Å². The molecule has 0 saturated carbocycles. The Kier molecular flexibility index (Phi) is 6.57. The van der Waals surface area contributed by atoms with Gasteiger partial charge in [0.15, 0.2) is 0 Å². The summed E-state index contributed by atoms with van der Waals surface area (Å²) < 4.78 is 14.2. The molecule has 102 valence electrons. The van der Waals surface area contributed by atoms with E-state index < -0.39 is 0 Å². The van der Waals surface area contributed by atoms with Gasteiger partial charge in [-0.3, -0.25) is 4.90 Å². The number of halogens is 3. The van der Waals surface area contributed by atoms with Gasteiger partial charge in [-0.15, -0.1) is 12.4 Å². The minimum atomic E-state index is -0.165. The average Bonchev–Trinajstić information content (AvgIpc) is 2.35. The van der Waals surface area contributed by atoms with Crippen molar-refractivity contribution in [1.82, 2.24) is 10.2 Å². The van der Waals surface area contributed by atoms with Gasteiger partial charge in [-0.2, -0.15) is 0 Å². The van der Waals surface area contributed by atoms with Crippen molar-refractivity contribution in [2.24, 2.45) is 0 Å². The van der Waals surface area contributed by atoms with E-state index in [9.17, 15) is 4.39 Å². The minimum absolute atomic E-state index is 0. The van der Waals surface area contributed by atoms with Crippen molar-refractivity contribution >= 4 is 28.3 Å². The molecule has 2 rings (SSSR count). The summed E-state index contributed by atoms with van der Waals surface area (Å²) in [4.78, 5) is 2.32. The molecule has 1 fully saturated rings. The SMILES string of the molecule is CN(Cc1cc(F)ccc1Br)C1CCNCC1.Cl. The van der Waals surface area contributed by atoms with Crippen LogP contribution in [0.5, 0.6) is 0 Å². The van der Waals surface area contributed by atoms with E-state index in [0.717, 1.165) is 29.7 Å². The third-order valence-corrected chi connectivity index (χ3v) is 4.13. The van der Waals surface area contributed by atoms with Crippen LogP contribution in [0.3, 0.4) is 0 Å². The smallest absolute Gasteiger partial charge is 0.123 e. The van der Waals surface area contributed by atoms with E-state index in [4.69, 9.17) is 0 Å². The van der Waals surface area contributed by atoms with Crippen molar-refractivity contribution in [3.8, 4) is 0 Å². The molecule has 1 aromatic rings. The quantitative estimate of drug-likeness (QED) is 0.911. The van der Waals surface area contributed by atoms with Gasteiger partial charge in [0, 0.05) is 17.1 Å². The molecule has 1 N–H and O–H groups in total. The number of benzene rings is 1. The number of hydrogen-bond acceptors (Lipinski definition) is 2. The van der Waals surface area contributed by atoms with Crippen LogP contribution in [0.2, 0.25) is 0 Å². The summed E-state index contributed by atoms with van der Waals surface area (Å²) in [7, 11) is 2.12. The Morgan fingerprint density at radius 2 is 2.06 bits per heavy atom. The van der Waals surface area contributed by atoms with Crippen LogP contribution in [0, 0.1) is 5.82 Å². The van der Waals surface area contributed by atoms with Gasteiger partial charge < -0.3 is 5.32 Å². The van der Waals surface area contributed by atoms with Gasteiger partial charge in [-0.1, -0.05) is 15.9 Å². The number of piperidine rings is 1. The topological polar surface area (TPSA) is 15.3 Å². The fourth-order valence-electron chi connectivity index (χ4n) is 2.31. The molecule has 1 aromatic carbocycles. The van der Waals surface area contributed by atoms with Crippen molar-refractivity contribution in [1.29, 1.82) is 0 Å². The second-order valence-corrected chi connectivity index (χ2v) is 5.49. The number of nitrogens with one attached hydrogen (secondary N) is 1. The molecule has 0 radical (unpaired) electrons. The molecule has 2 nitrogen and oxygen atoms in total. The first kappa shape index (κ1) is 15.9. The fourth-order valence-corrected chi connectivity index (χ4v) is 2.68. The Hall–Kier alpha value is -0.160. The lowest BCUT2D eigenvalue weighted by molar-refractivity contribution is 0.191. The predicted molar refractivity (Wildman–Crippen MR) is 78.7 cm³/mol. The highest BCUT2D eigenvalue weighted by Crippen LogP contribution is 2.21. The summed E-state index contributed by atoms with van der Waals surface area (Å²) in [5, 5.41) is 3.36. The molecule has 0 aliphatic carbocycles. The third-order valence-electron chi connectivity index (χ3n) is 3.36. The molecule has 5 heteroatoms. The van der Waals surface area contributed by atoms with Gasteiger partial charge in [-0.05, 0) is 56.7 Å². The van der Waals surface area contributed by atoms with Crippen LogP contribution in [0.4, 0.5) is 4.39 Å². The lowest BCUT2D eigenvalue weighted by atomic mass is 10.0. The number of rotatable bonds is 3. The molecule has 1 aliphatic rings. The number of hydrogen-bond donors (Lipinski definition) is 1. The van der Waals surface area contributed by atoms with Crippen molar-refractivity contribution in [2.75, 3.05) is 20.1 Å². The van der Waals surface area contributed by atoms with Gasteiger partial charge in [0.1, 0.15) is 5.82 Å². The van der Waals surface area contributed by atoms with E-state index in [1.807, 2.05) is 0 Å². The first-order valence-corrected chi connectivity index (χ1v) is 6.81. The fraction of sp³-hybridized carbons (Fsp3) is 0.538. The highest BCUT2D eigenvalue weighted by molar-refractivity contribution is 9.10. The molecule has 1 heterocycles. The maximum atomic E-state index is 13.2. The van der Waals surface area contributed by atoms with Crippen LogP contribution in [0.1, 0.15) is 18.4 Å². The summed E-state index contributed by atoms with van der Waals surface area (Å²) in [5.74, 6) is -0.165. The van der Waals surface area contributed by atoms with Crippen LogP contribution in [0.25, 0.3) is 0 Å². The van der Waals surface area contributed by atoms with E-state index in [2.05, 4.69) is 33.2 Å². The molecular weight excluding hydrogens is 319 g/mol. The van der Waals surface area contributed by atoms with Gasteiger partial charge >= 0.3 is 0 Å². The van der Waals surface area contributed by atoms with Crippen molar-refractivity contribution in [3.05, 3.63) is 34.1 Å². The van der Waals surface area contributed by atoms with E-state index in [1.54, 1.807) is 12.1 Å². The second kappa shape index (κ2) is 7.43. The molecule has 0 spiro atoms. The number of nitrogens with zero attached hydrogens (tertiary/aromatic N) is 1. The first-order valence-electron chi connectivity index (χ1n) is 6.01. The van der Waals surface area contributed by atoms with Crippen molar-refractivity contribution in [3.63, 3.8) is 0 Å². The zero-order valence-corrected chi connectivity index (χ0v) is 12.9. The molecule has 18 heavy (non-hydrogen) atoms. The van der Waals surface area contributed by atoms with Crippen LogP contribution < -0.4 is 5.32 Å². The van der Waals surface area contributed by atoms with Gasteiger partial charge in [0.05, 0.1) is 0 Å². The molecule has 0 atom stereocenters. The van der Waals surface area contributed by atoms with Crippen LogP contribution >= 0.6 is 28.3 Å². The van der Waals surface area contributed by atoms with E-state index in [1.165, 1.54) is 18.9 Å². The Morgan fingerprint density at radius 1 is 1.39 bits per heavy atom. The summed E-state index contributed by atoms with van der Waals surface area (Å²) in [5.41, 5.74) is 1.02. The lowest BCUT2D eigenvalue weighted by Crippen LogP contribution is -2.40. The van der Waals surface area contributed by atoms with Gasteiger partial charge in [0.25, 0.3) is 0 Å². The molecule has 1 saturated heterocycles. The molecule has 0 aromatic heterocycles. The largest absolute Gasteiger partial charge is 0.317 e. The third kappa shape index (κ3) is 4.19. The second-order valence-electron chi connectivity index (χ2n) is 4.63. The standard InChI is InChI=1S/C13H18BrFN2.ClH/c1-17(12-4-6-16-7-5-12)9-10-8-11(15)2-3-13(10)14;/h2-3,8,12,16H,4-7,9H2,1H3;1H. The van der Waals surface area contributed by atoms with Crippen LogP contribution in [-0.4, -0.2) is 31.1 Å². The van der Waals surface area contributed by atoms with E-state index in [-0.39, 0.29) is 18.2 Å². The van der Waals surface area contributed by atoms with Gasteiger partial charge in [-0.25, -0.2) is 4.39 Å². The van der Waals surface area contributed by atoms with Crippen LogP contribution in [-0.2, 0) is 6.54 Å². The Bertz CT molecular complexity index is 383. The van der Waals surface area contributed by atoms with Crippen molar-refractivity contribution in [2.45, 2.75) is 25.4 Å². The maximum Gasteiger partial charge on any atom is 0.123 e. The zero-order chi connectivity index (χ0) is 12.3. The summed E-state index contributed by atoms with van der Waals surface area (Å²) in [6, 6.07) is 5.48. The molecular formula is C13H19BrClFN2. The highest BCUT2D eigenvalue weighted by Gasteiger charge is 2.18. The highest BCUT2D eigenvalue weighted by atomic mass is 79.9. The summed E-state index contributed by atoms with van der Waals surface area (Å²) in [6.07, 6.45) is 2.34.